The first kappa shape index (κ1) is 21.7. The van der Waals surface area contributed by atoms with Gasteiger partial charge >= 0.3 is 0 Å². The minimum atomic E-state index is -3.09. The Morgan fingerprint density at radius 2 is 1.85 bits per heavy atom. The fourth-order valence-corrected chi connectivity index (χ4v) is 4.65. The van der Waals surface area contributed by atoms with Gasteiger partial charge in [-0.1, -0.05) is 36.8 Å². The lowest BCUT2D eigenvalue weighted by Gasteiger charge is -2.26. The monoisotopic (exact) mass is 394 g/mol. The molecule has 0 aliphatic carbocycles. The van der Waals surface area contributed by atoms with E-state index in [0.717, 1.165) is 31.2 Å². The fraction of sp³-hybridized carbons (Fsp3) is 0.650. The molecule has 0 radical (unpaired) electrons. The number of nitrogens with zero attached hydrogens (tertiary/aromatic N) is 2. The van der Waals surface area contributed by atoms with E-state index in [1.807, 2.05) is 37.3 Å². The van der Waals surface area contributed by atoms with E-state index in [4.69, 9.17) is 0 Å². The van der Waals surface area contributed by atoms with Crippen LogP contribution >= 0.6 is 0 Å². The predicted molar refractivity (Wildman–Crippen MR) is 113 cm³/mol. The predicted octanol–water partition coefficient (Wildman–Crippen LogP) is 2.03. The van der Waals surface area contributed by atoms with Gasteiger partial charge in [-0.2, -0.15) is 0 Å². The zero-order chi connectivity index (χ0) is 19.4. The van der Waals surface area contributed by atoms with Gasteiger partial charge in [0, 0.05) is 26.2 Å². The molecule has 1 aromatic carbocycles. The van der Waals surface area contributed by atoms with Crippen LogP contribution in [0.2, 0.25) is 0 Å². The number of sulfone groups is 1. The van der Waals surface area contributed by atoms with Crippen LogP contribution in [0.5, 0.6) is 0 Å². The third-order valence-corrected chi connectivity index (χ3v) is 6.31. The van der Waals surface area contributed by atoms with Crippen LogP contribution in [-0.2, 0) is 15.6 Å². The molecule has 2 N–H and O–H groups in total. The first-order valence-electron chi connectivity index (χ1n) is 10.1. The van der Waals surface area contributed by atoms with E-state index in [9.17, 15) is 8.42 Å². The molecule has 2 rings (SSSR count). The number of hydrogen-bond acceptors (Lipinski definition) is 4. The van der Waals surface area contributed by atoms with E-state index in [1.54, 1.807) is 0 Å². The molecular weight excluding hydrogens is 360 g/mol. The molecule has 6 nitrogen and oxygen atoms in total. The SMILES string of the molecule is CCNC(=NCCCS(=O)(=O)Cc1ccccc1)NCCN1CCCCC1. The summed E-state index contributed by atoms with van der Waals surface area (Å²) < 4.78 is 24.5. The molecule has 1 heterocycles. The lowest BCUT2D eigenvalue weighted by Crippen LogP contribution is -2.42. The third kappa shape index (κ3) is 9.24. The Balaban J connectivity index is 1.70. The molecule has 1 saturated heterocycles. The summed E-state index contributed by atoms with van der Waals surface area (Å²) in [7, 11) is -3.09. The van der Waals surface area contributed by atoms with Crippen LogP contribution in [0.3, 0.4) is 0 Å². The van der Waals surface area contributed by atoms with Crippen LogP contribution in [0, 0.1) is 0 Å². The smallest absolute Gasteiger partial charge is 0.191 e. The van der Waals surface area contributed by atoms with Crippen LogP contribution < -0.4 is 10.6 Å². The van der Waals surface area contributed by atoms with Crippen LogP contribution in [0.25, 0.3) is 0 Å². The molecule has 1 aliphatic rings. The van der Waals surface area contributed by atoms with Crippen molar-refractivity contribution in [2.45, 2.75) is 38.4 Å². The van der Waals surface area contributed by atoms with E-state index in [-0.39, 0.29) is 11.5 Å². The zero-order valence-electron chi connectivity index (χ0n) is 16.5. The standard InChI is InChI=1S/C20H34N4O2S/c1-2-21-20(23-13-16-24-14-7-4-8-15-24)22-12-9-17-27(25,26)18-19-10-5-3-6-11-19/h3,5-6,10-11H,2,4,7-9,12-18H2,1H3,(H2,21,22,23). The molecule has 27 heavy (non-hydrogen) atoms. The average Bonchev–Trinajstić information content (AvgIpc) is 2.66. The normalized spacial score (nSPS) is 16.3. The van der Waals surface area contributed by atoms with Gasteiger partial charge in [0.05, 0.1) is 11.5 Å². The summed E-state index contributed by atoms with van der Waals surface area (Å²) in [6.45, 7) is 7.60. The van der Waals surface area contributed by atoms with E-state index in [1.165, 1.54) is 32.4 Å². The van der Waals surface area contributed by atoms with Crippen molar-refractivity contribution >= 4 is 15.8 Å². The van der Waals surface area contributed by atoms with Gasteiger partial charge in [0.25, 0.3) is 0 Å². The number of piperidine rings is 1. The van der Waals surface area contributed by atoms with Crippen LogP contribution in [-0.4, -0.2) is 64.3 Å². The Morgan fingerprint density at radius 1 is 1.11 bits per heavy atom. The third-order valence-electron chi connectivity index (χ3n) is 4.63. The summed E-state index contributed by atoms with van der Waals surface area (Å²) in [6, 6.07) is 9.34. The molecule has 152 valence electrons. The molecule has 0 unspecified atom stereocenters. The summed E-state index contributed by atoms with van der Waals surface area (Å²) in [5.41, 5.74) is 0.841. The quantitative estimate of drug-likeness (QED) is 0.361. The maximum absolute atomic E-state index is 12.2. The summed E-state index contributed by atoms with van der Waals surface area (Å²) in [5.74, 6) is 1.04. The van der Waals surface area contributed by atoms with E-state index >= 15 is 0 Å². The first-order valence-corrected chi connectivity index (χ1v) is 11.9. The molecule has 0 saturated carbocycles. The second-order valence-corrected chi connectivity index (χ2v) is 9.20. The summed E-state index contributed by atoms with van der Waals surface area (Å²) in [5, 5.41) is 6.58. The van der Waals surface area contributed by atoms with Crippen molar-refractivity contribution in [3.8, 4) is 0 Å². The average molecular weight is 395 g/mol. The maximum atomic E-state index is 12.2. The maximum Gasteiger partial charge on any atom is 0.191 e. The van der Waals surface area contributed by atoms with Gasteiger partial charge in [0.1, 0.15) is 0 Å². The van der Waals surface area contributed by atoms with Gasteiger partial charge in [-0.25, -0.2) is 8.42 Å². The van der Waals surface area contributed by atoms with Crippen molar-refractivity contribution in [3.05, 3.63) is 35.9 Å². The highest BCUT2D eigenvalue weighted by atomic mass is 32.2. The number of guanidine groups is 1. The van der Waals surface area contributed by atoms with Crippen molar-refractivity contribution in [1.29, 1.82) is 0 Å². The molecule has 7 heteroatoms. The Hall–Kier alpha value is -1.60. The molecule has 1 aromatic rings. The number of hydrogen-bond donors (Lipinski definition) is 2. The highest BCUT2D eigenvalue weighted by molar-refractivity contribution is 7.90. The topological polar surface area (TPSA) is 73.8 Å². The highest BCUT2D eigenvalue weighted by Crippen LogP contribution is 2.08. The van der Waals surface area contributed by atoms with E-state index < -0.39 is 9.84 Å². The second-order valence-electron chi connectivity index (χ2n) is 7.02. The van der Waals surface area contributed by atoms with Crippen molar-refractivity contribution in [1.82, 2.24) is 15.5 Å². The Labute approximate surface area is 164 Å². The van der Waals surface area contributed by atoms with Crippen molar-refractivity contribution in [2.75, 3.05) is 45.0 Å². The lowest BCUT2D eigenvalue weighted by molar-refractivity contribution is 0.232. The summed E-state index contributed by atoms with van der Waals surface area (Å²) in [6.07, 6.45) is 4.48. The van der Waals surface area contributed by atoms with Crippen molar-refractivity contribution in [3.63, 3.8) is 0 Å². The molecule has 1 fully saturated rings. The van der Waals surface area contributed by atoms with E-state index in [0.29, 0.717) is 13.0 Å². The van der Waals surface area contributed by atoms with Gasteiger partial charge in [-0.15, -0.1) is 0 Å². The highest BCUT2D eigenvalue weighted by Gasteiger charge is 2.12. The zero-order valence-corrected chi connectivity index (χ0v) is 17.3. The van der Waals surface area contributed by atoms with Crippen molar-refractivity contribution in [2.24, 2.45) is 4.99 Å². The Bertz CT molecular complexity index is 656. The number of likely N-dealkylation sites (tertiary alicyclic amines) is 1. The molecule has 0 spiro atoms. The van der Waals surface area contributed by atoms with Gasteiger partial charge in [0.15, 0.2) is 15.8 Å². The molecule has 0 bridgehead atoms. The molecule has 0 atom stereocenters. The molecule has 0 amide bonds. The summed E-state index contributed by atoms with van der Waals surface area (Å²) >= 11 is 0. The van der Waals surface area contributed by atoms with E-state index in [2.05, 4.69) is 20.5 Å². The lowest BCUT2D eigenvalue weighted by atomic mass is 10.1. The fourth-order valence-electron chi connectivity index (χ4n) is 3.23. The number of rotatable bonds is 10. The van der Waals surface area contributed by atoms with Gasteiger partial charge in [0.2, 0.25) is 0 Å². The first-order chi connectivity index (χ1) is 13.1. The van der Waals surface area contributed by atoms with Gasteiger partial charge < -0.3 is 15.5 Å². The number of benzene rings is 1. The van der Waals surface area contributed by atoms with Gasteiger partial charge in [-0.05, 0) is 44.8 Å². The summed E-state index contributed by atoms with van der Waals surface area (Å²) in [4.78, 5) is 7.00. The van der Waals surface area contributed by atoms with Crippen LogP contribution in [0.15, 0.2) is 35.3 Å². The largest absolute Gasteiger partial charge is 0.357 e. The van der Waals surface area contributed by atoms with Gasteiger partial charge in [-0.3, -0.25) is 4.99 Å². The minimum absolute atomic E-state index is 0.103. The van der Waals surface area contributed by atoms with Crippen LogP contribution in [0.4, 0.5) is 0 Å². The van der Waals surface area contributed by atoms with Crippen molar-refractivity contribution < 1.29 is 8.42 Å². The minimum Gasteiger partial charge on any atom is -0.357 e. The molecule has 1 aliphatic heterocycles. The Morgan fingerprint density at radius 3 is 2.56 bits per heavy atom. The second kappa shape index (κ2) is 12.0. The Kier molecular flexibility index (Phi) is 9.62. The molecule has 0 aromatic heterocycles. The molecular formula is C20H34N4O2S. The number of aliphatic imine (C=N–C) groups is 1. The van der Waals surface area contributed by atoms with Crippen LogP contribution in [0.1, 0.15) is 38.2 Å². The number of nitrogens with one attached hydrogen (secondary N) is 2.